The smallest absolute Gasteiger partial charge is 0.272 e. The highest BCUT2D eigenvalue weighted by Gasteiger charge is 2.39. The molecule has 2 aromatic rings. The summed E-state index contributed by atoms with van der Waals surface area (Å²) in [5.41, 5.74) is 3.97. The van der Waals surface area contributed by atoms with Crippen LogP contribution in [0.15, 0.2) is 30.3 Å². The van der Waals surface area contributed by atoms with Crippen LogP contribution in [-0.2, 0) is 12.8 Å². The molecule has 2 heterocycles. The van der Waals surface area contributed by atoms with Crippen molar-refractivity contribution in [1.82, 2.24) is 20.4 Å². The van der Waals surface area contributed by atoms with Crippen LogP contribution in [0.2, 0.25) is 0 Å². The molecular formula is C22H30N4O. The number of hydrogen-bond acceptors (Lipinski definition) is 3. The van der Waals surface area contributed by atoms with Crippen LogP contribution in [0.3, 0.4) is 0 Å². The van der Waals surface area contributed by atoms with Crippen LogP contribution in [0.1, 0.15) is 68.7 Å². The molecule has 5 heteroatoms. The van der Waals surface area contributed by atoms with Crippen LogP contribution < -0.4 is 10.6 Å². The van der Waals surface area contributed by atoms with Crippen molar-refractivity contribution in [2.75, 3.05) is 0 Å². The average molecular weight is 367 g/mol. The van der Waals surface area contributed by atoms with Gasteiger partial charge in [-0.2, -0.15) is 5.10 Å². The van der Waals surface area contributed by atoms with Gasteiger partial charge in [-0.1, -0.05) is 18.2 Å². The number of aromatic nitrogens is 2. The van der Waals surface area contributed by atoms with E-state index in [1.165, 1.54) is 5.69 Å². The third-order valence-electron chi connectivity index (χ3n) is 5.67. The molecule has 1 amide bonds. The number of fused-ring (bicyclic) bond motifs is 1. The molecule has 1 aliphatic carbocycles. The number of rotatable bonds is 3. The third-order valence-corrected chi connectivity index (χ3v) is 5.67. The molecule has 144 valence electrons. The summed E-state index contributed by atoms with van der Waals surface area (Å²) in [4.78, 5) is 13.1. The molecule has 1 aliphatic heterocycles. The quantitative estimate of drug-likeness (QED) is 0.875. The predicted octanol–water partition coefficient (Wildman–Crippen LogP) is 3.40. The molecule has 0 saturated carbocycles. The molecule has 2 N–H and O–H groups in total. The molecule has 0 atom stereocenters. The summed E-state index contributed by atoms with van der Waals surface area (Å²) in [6, 6.07) is 10.3. The molecule has 0 unspecified atom stereocenters. The van der Waals surface area contributed by atoms with Crippen molar-refractivity contribution in [2.24, 2.45) is 0 Å². The maximum absolute atomic E-state index is 13.1. The highest BCUT2D eigenvalue weighted by Crippen LogP contribution is 2.30. The van der Waals surface area contributed by atoms with Crippen LogP contribution in [0.25, 0.3) is 5.69 Å². The number of piperidine rings is 1. The Morgan fingerprint density at radius 1 is 1.11 bits per heavy atom. The molecule has 1 saturated heterocycles. The Hall–Kier alpha value is -2.14. The fourth-order valence-corrected chi connectivity index (χ4v) is 5.08. The summed E-state index contributed by atoms with van der Waals surface area (Å²) in [6.45, 7) is 8.81. The topological polar surface area (TPSA) is 59.0 Å². The summed E-state index contributed by atoms with van der Waals surface area (Å²) in [5, 5.41) is 11.7. The molecule has 4 rings (SSSR count). The van der Waals surface area contributed by atoms with Crippen LogP contribution in [0.5, 0.6) is 0 Å². The predicted molar refractivity (Wildman–Crippen MR) is 107 cm³/mol. The molecule has 5 nitrogen and oxygen atoms in total. The number of benzene rings is 1. The van der Waals surface area contributed by atoms with Gasteiger partial charge in [0, 0.05) is 28.4 Å². The second-order valence-electron chi connectivity index (χ2n) is 9.35. The zero-order chi connectivity index (χ0) is 19.2. The van der Waals surface area contributed by atoms with Gasteiger partial charge in [0.05, 0.1) is 5.69 Å². The van der Waals surface area contributed by atoms with Gasteiger partial charge in [-0.05, 0) is 71.9 Å². The van der Waals surface area contributed by atoms with Crippen molar-refractivity contribution < 1.29 is 4.79 Å². The Labute approximate surface area is 161 Å². The van der Waals surface area contributed by atoms with E-state index >= 15 is 0 Å². The molecule has 0 bridgehead atoms. The fraction of sp³-hybridized carbons (Fsp3) is 0.545. The molecular weight excluding hydrogens is 336 g/mol. The first-order valence-electron chi connectivity index (χ1n) is 10.0. The Bertz CT molecular complexity index is 835. The molecule has 1 fully saturated rings. The third kappa shape index (κ3) is 3.65. The number of nitrogens with one attached hydrogen (secondary N) is 2. The van der Waals surface area contributed by atoms with Crippen LogP contribution in [0, 0.1) is 0 Å². The zero-order valence-corrected chi connectivity index (χ0v) is 16.8. The lowest BCUT2D eigenvalue weighted by atomic mass is 9.79. The summed E-state index contributed by atoms with van der Waals surface area (Å²) in [5.74, 6) is -0.0265. The van der Waals surface area contributed by atoms with E-state index in [1.54, 1.807) is 0 Å². The number of para-hydroxylation sites is 1. The summed E-state index contributed by atoms with van der Waals surface area (Å²) >= 11 is 0. The SMILES string of the molecule is CC1(C)CC(NC(=O)c2nn(-c3ccccc3)c3c2CCC3)CC(C)(C)N1. The van der Waals surface area contributed by atoms with E-state index in [0.717, 1.165) is 43.4 Å². The van der Waals surface area contributed by atoms with E-state index in [9.17, 15) is 4.79 Å². The van der Waals surface area contributed by atoms with Gasteiger partial charge >= 0.3 is 0 Å². The Kier molecular flexibility index (Phi) is 4.38. The van der Waals surface area contributed by atoms with Gasteiger partial charge in [-0.3, -0.25) is 4.79 Å². The minimum atomic E-state index is -0.0265. The molecule has 1 aromatic heterocycles. The van der Waals surface area contributed by atoms with E-state index in [4.69, 9.17) is 5.10 Å². The lowest BCUT2D eigenvalue weighted by Crippen LogP contribution is -2.62. The van der Waals surface area contributed by atoms with E-state index < -0.39 is 0 Å². The van der Waals surface area contributed by atoms with Crippen molar-refractivity contribution in [3.05, 3.63) is 47.3 Å². The van der Waals surface area contributed by atoms with Gasteiger partial charge in [0.25, 0.3) is 5.91 Å². The summed E-state index contributed by atoms with van der Waals surface area (Å²) < 4.78 is 1.97. The average Bonchev–Trinajstić information content (AvgIpc) is 3.14. The standard InChI is InChI=1S/C22H30N4O/c1-21(2)13-15(14-22(3,4)25-21)23-20(27)19-17-11-8-12-18(17)26(24-19)16-9-6-5-7-10-16/h5-7,9-10,15,25H,8,11-14H2,1-4H3,(H,23,27). The monoisotopic (exact) mass is 366 g/mol. The van der Waals surface area contributed by atoms with E-state index in [2.05, 4.69) is 38.3 Å². The second kappa shape index (κ2) is 6.48. The van der Waals surface area contributed by atoms with Gasteiger partial charge in [-0.15, -0.1) is 0 Å². The first-order valence-corrected chi connectivity index (χ1v) is 10.0. The zero-order valence-electron chi connectivity index (χ0n) is 16.8. The molecule has 0 radical (unpaired) electrons. The van der Waals surface area contributed by atoms with Crippen molar-refractivity contribution in [3.63, 3.8) is 0 Å². The second-order valence-corrected chi connectivity index (χ2v) is 9.35. The van der Waals surface area contributed by atoms with Gasteiger partial charge in [0.15, 0.2) is 5.69 Å². The molecule has 2 aliphatic rings. The normalized spacial score (nSPS) is 21.0. The first-order chi connectivity index (χ1) is 12.7. The first kappa shape index (κ1) is 18.2. The number of hydrogen-bond donors (Lipinski definition) is 2. The number of carbonyl (C=O) groups is 1. The number of amides is 1. The maximum atomic E-state index is 13.1. The van der Waals surface area contributed by atoms with Crippen molar-refractivity contribution in [3.8, 4) is 5.69 Å². The van der Waals surface area contributed by atoms with Crippen molar-refractivity contribution >= 4 is 5.91 Å². The van der Waals surface area contributed by atoms with E-state index in [1.807, 2.05) is 35.0 Å². The number of nitrogens with zero attached hydrogens (tertiary/aromatic N) is 2. The molecule has 0 spiro atoms. The maximum Gasteiger partial charge on any atom is 0.272 e. The molecule has 27 heavy (non-hydrogen) atoms. The Morgan fingerprint density at radius 3 is 2.44 bits per heavy atom. The molecule has 1 aromatic carbocycles. The largest absolute Gasteiger partial charge is 0.348 e. The van der Waals surface area contributed by atoms with E-state index in [-0.39, 0.29) is 23.0 Å². The lowest BCUT2D eigenvalue weighted by Gasteiger charge is -2.46. The van der Waals surface area contributed by atoms with Crippen LogP contribution in [0.4, 0.5) is 0 Å². The Morgan fingerprint density at radius 2 is 1.78 bits per heavy atom. The van der Waals surface area contributed by atoms with Crippen LogP contribution >= 0.6 is 0 Å². The van der Waals surface area contributed by atoms with Crippen LogP contribution in [-0.4, -0.2) is 32.8 Å². The fourth-order valence-electron chi connectivity index (χ4n) is 5.08. The minimum Gasteiger partial charge on any atom is -0.348 e. The summed E-state index contributed by atoms with van der Waals surface area (Å²) in [7, 11) is 0. The Balaban J connectivity index is 1.60. The van der Waals surface area contributed by atoms with E-state index in [0.29, 0.717) is 5.69 Å². The van der Waals surface area contributed by atoms with Gasteiger partial charge < -0.3 is 10.6 Å². The van der Waals surface area contributed by atoms with Gasteiger partial charge in [0.2, 0.25) is 0 Å². The lowest BCUT2D eigenvalue weighted by molar-refractivity contribution is 0.0867. The van der Waals surface area contributed by atoms with Crippen molar-refractivity contribution in [1.29, 1.82) is 0 Å². The highest BCUT2D eigenvalue weighted by atomic mass is 16.2. The van der Waals surface area contributed by atoms with Gasteiger partial charge in [0.1, 0.15) is 0 Å². The van der Waals surface area contributed by atoms with Crippen molar-refractivity contribution in [2.45, 2.75) is 76.9 Å². The number of carbonyl (C=O) groups excluding carboxylic acids is 1. The van der Waals surface area contributed by atoms with Gasteiger partial charge in [-0.25, -0.2) is 4.68 Å². The summed E-state index contributed by atoms with van der Waals surface area (Å²) in [6.07, 6.45) is 4.85. The minimum absolute atomic E-state index is 0.00500. The highest BCUT2D eigenvalue weighted by molar-refractivity contribution is 5.94.